The largest absolute Gasteiger partial charge is 0.357 e. The molecule has 0 saturated carbocycles. The number of nitriles is 1. The first-order valence-corrected chi connectivity index (χ1v) is 6.78. The van der Waals surface area contributed by atoms with Crippen LogP contribution in [0.15, 0.2) is 24.3 Å². The molecule has 5 heteroatoms. The molecule has 2 rings (SSSR count). The van der Waals surface area contributed by atoms with E-state index in [9.17, 15) is 0 Å². The van der Waals surface area contributed by atoms with Gasteiger partial charge in [-0.25, -0.2) is 4.98 Å². The molecule has 0 spiro atoms. The van der Waals surface area contributed by atoms with E-state index in [2.05, 4.69) is 33.2 Å². The second kappa shape index (κ2) is 6.20. The molecular formula is C15H19N5. The lowest BCUT2D eigenvalue weighted by molar-refractivity contribution is 0.681. The fourth-order valence-electron chi connectivity index (χ4n) is 2.15. The Hall–Kier alpha value is -2.35. The Morgan fingerprint density at radius 2 is 2.10 bits per heavy atom. The average molecular weight is 269 g/mol. The molecule has 0 saturated heterocycles. The van der Waals surface area contributed by atoms with Crippen molar-refractivity contribution in [1.82, 2.24) is 9.97 Å². The quantitative estimate of drug-likeness (QED) is 0.904. The van der Waals surface area contributed by atoms with Gasteiger partial charge in [-0.1, -0.05) is 12.1 Å². The van der Waals surface area contributed by atoms with Gasteiger partial charge in [-0.3, -0.25) is 0 Å². The summed E-state index contributed by atoms with van der Waals surface area (Å²) in [5.74, 6) is 1.44. The molecule has 1 N–H and O–H groups in total. The van der Waals surface area contributed by atoms with E-state index in [1.165, 1.54) is 0 Å². The van der Waals surface area contributed by atoms with Crippen molar-refractivity contribution in [3.8, 4) is 6.07 Å². The third-order valence-corrected chi connectivity index (χ3v) is 3.20. The molecule has 5 nitrogen and oxygen atoms in total. The van der Waals surface area contributed by atoms with E-state index in [1.54, 1.807) is 0 Å². The summed E-state index contributed by atoms with van der Waals surface area (Å²) < 4.78 is 0. The molecule has 1 aromatic carbocycles. The average Bonchev–Trinajstić information content (AvgIpc) is 2.51. The third-order valence-electron chi connectivity index (χ3n) is 3.20. The molecule has 0 radical (unpaired) electrons. The van der Waals surface area contributed by atoms with E-state index in [0.29, 0.717) is 12.5 Å². The zero-order valence-electron chi connectivity index (χ0n) is 12.1. The summed E-state index contributed by atoms with van der Waals surface area (Å²) in [6.07, 6.45) is 0. The monoisotopic (exact) mass is 269 g/mol. The van der Waals surface area contributed by atoms with E-state index in [1.807, 2.05) is 38.2 Å². The molecule has 0 aliphatic rings. The topological polar surface area (TPSA) is 64.8 Å². The van der Waals surface area contributed by atoms with Crippen LogP contribution in [0.5, 0.6) is 0 Å². The van der Waals surface area contributed by atoms with Gasteiger partial charge in [-0.05, 0) is 26.0 Å². The number of para-hydroxylation sites is 1. The SMILES string of the molecule is CCN(CC(C)C#N)c1nc(NC)nc2ccccc12. The smallest absolute Gasteiger partial charge is 0.224 e. The first-order valence-electron chi connectivity index (χ1n) is 6.78. The van der Waals surface area contributed by atoms with Crippen molar-refractivity contribution < 1.29 is 0 Å². The maximum absolute atomic E-state index is 9.02. The van der Waals surface area contributed by atoms with Crippen LogP contribution in [-0.2, 0) is 0 Å². The first kappa shape index (κ1) is 14.1. The molecule has 1 heterocycles. The zero-order valence-corrected chi connectivity index (χ0v) is 12.1. The summed E-state index contributed by atoms with van der Waals surface area (Å²) in [5.41, 5.74) is 0.907. The highest BCUT2D eigenvalue weighted by Gasteiger charge is 2.15. The Labute approximate surface area is 119 Å². The molecule has 104 valence electrons. The fourth-order valence-corrected chi connectivity index (χ4v) is 2.15. The predicted molar refractivity (Wildman–Crippen MR) is 81.7 cm³/mol. The van der Waals surface area contributed by atoms with E-state index in [-0.39, 0.29) is 5.92 Å². The minimum atomic E-state index is -0.0401. The second-order valence-electron chi connectivity index (χ2n) is 4.71. The van der Waals surface area contributed by atoms with Gasteiger partial charge in [0.05, 0.1) is 17.5 Å². The van der Waals surface area contributed by atoms with Gasteiger partial charge in [0, 0.05) is 25.5 Å². The Bertz CT molecular complexity index is 632. The summed E-state index contributed by atoms with van der Waals surface area (Å²) in [6, 6.07) is 10.2. The lowest BCUT2D eigenvalue weighted by atomic mass is 10.1. The Kier molecular flexibility index (Phi) is 4.36. The molecule has 0 aliphatic heterocycles. The lowest BCUT2D eigenvalue weighted by Crippen LogP contribution is -2.29. The van der Waals surface area contributed by atoms with Crippen LogP contribution in [0.2, 0.25) is 0 Å². The van der Waals surface area contributed by atoms with Crippen LogP contribution in [-0.4, -0.2) is 30.1 Å². The van der Waals surface area contributed by atoms with Crippen LogP contribution in [0.25, 0.3) is 10.9 Å². The number of hydrogen-bond acceptors (Lipinski definition) is 5. The van der Waals surface area contributed by atoms with E-state index >= 15 is 0 Å². The van der Waals surface area contributed by atoms with Gasteiger partial charge in [0.15, 0.2) is 0 Å². The lowest BCUT2D eigenvalue weighted by Gasteiger charge is -2.24. The van der Waals surface area contributed by atoms with Crippen LogP contribution in [0.4, 0.5) is 11.8 Å². The molecule has 1 aromatic heterocycles. The van der Waals surface area contributed by atoms with Gasteiger partial charge in [0.1, 0.15) is 5.82 Å². The molecule has 2 aromatic rings. The highest BCUT2D eigenvalue weighted by molar-refractivity contribution is 5.90. The number of nitrogens with one attached hydrogen (secondary N) is 1. The number of rotatable bonds is 5. The Balaban J connectivity index is 2.52. The number of nitrogens with zero attached hydrogens (tertiary/aromatic N) is 4. The van der Waals surface area contributed by atoms with E-state index in [0.717, 1.165) is 23.3 Å². The molecule has 0 amide bonds. The molecule has 20 heavy (non-hydrogen) atoms. The maximum Gasteiger partial charge on any atom is 0.224 e. The molecule has 0 bridgehead atoms. The van der Waals surface area contributed by atoms with Crippen molar-refractivity contribution in [2.45, 2.75) is 13.8 Å². The number of anilines is 2. The van der Waals surface area contributed by atoms with Gasteiger partial charge in [0.25, 0.3) is 0 Å². The summed E-state index contributed by atoms with van der Waals surface area (Å²) in [6.45, 7) is 5.46. The fraction of sp³-hybridized carbons (Fsp3) is 0.400. The van der Waals surface area contributed by atoms with Gasteiger partial charge in [0.2, 0.25) is 5.95 Å². The minimum absolute atomic E-state index is 0.0401. The van der Waals surface area contributed by atoms with Gasteiger partial charge >= 0.3 is 0 Å². The summed E-state index contributed by atoms with van der Waals surface area (Å²) in [4.78, 5) is 11.2. The van der Waals surface area contributed by atoms with Crippen molar-refractivity contribution >= 4 is 22.7 Å². The van der Waals surface area contributed by atoms with Crippen LogP contribution in [0, 0.1) is 17.2 Å². The van der Waals surface area contributed by atoms with Gasteiger partial charge < -0.3 is 10.2 Å². The van der Waals surface area contributed by atoms with Crippen molar-refractivity contribution in [3.05, 3.63) is 24.3 Å². The molecule has 1 unspecified atom stereocenters. The zero-order chi connectivity index (χ0) is 14.5. The van der Waals surface area contributed by atoms with Crippen LogP contribution >= 0.6 is 0 Å². The van der Waals surface area contributed by atoms with Crippen LogP contribution < -0.4 is 10.2 Å². The van der Waals surface area contributed by atoms with Crippen molar-refractivity contribution in [3.63, 3.8) is 0 Å². The second-order valence-corrected chi connectivity index (χ2v) is 4.71. The summed E-state index contributed by atoms with van der Waals surface area (Å²) in [5, 5.41) is 13.0. The standard InChI is InChI=1S/C15H19N5/c1-4-20(10-11(2)9-16)14-12-7-5-6-8-13(12)18-15(17-3)19-14/h5-8,11H,4,10H2,1-3H3,(H,17,18,19). The first-order chi connectivity index (χ1) is 9.69. The third kappa shape index (κ3) is 2.80. The minimum Gasteiger partial charge on any atom is -0.357 e. The molecule has 0 fully saturated rings. The van der Waals surface area contributed by atoms with Gasteiger partial charge in [-0.15, -0.1) is 0 Å². The number of aromatic nitrogens is 2. The molecular weight excluding hydrogens is 250 g/mol. The normalized spacial score (nSPS) is 11.9. The number of fused-ring (bicyclic) bond motifs is 1. The van der Waals surface area contributed by atoms with Crippen molar-refractivity contribution in [2.24, 2.45) is 5.92 Å². The van der Waals surface area contributed by atoms with E-state index in [4.69, 9.17) is 5.26 Å². The number of benzene rings is 1. The van der Waals surface area contributed by atoms with Gasteiger partial charge in [-0.2, -0.15) is 10.2 Å². The number of hydrogen-bond donors (Lipinski definition) is 1. The van der Waals surface area contributed by atoms with Crippen molar-refractivity contribution in [2.75, 3.05) is 30.4 Å². The van der Waals surface area contributed by atoms with Crippen LogP contribution in [0.3, 0.4) is 0 Å². The van der Waals surface area contributed by atoms with Crippen LogP contribution in [0.1, 0.15) is 13.8 Å². The predicted octanol–water partition coefficient (Wildman–Crippen LogP) is 2.66. The highest BCUT2D eigenvalue weighted by atomic mass is 15.2. The Morgan fingerprint density at radius 3 is 2.75 bits per heavy atom. The highest BCUT2D eigenvalue weighted by Crippen LogP contribution is 2.25. The Morgan fingerprint density at radius 1 is 1.35 bits per heavy atom. The maximum atomic E-state index is 9.02. The molecule has 0 aliphatic carbocycles. The van der Waals surface area contributed by atoms with E-state index < -0.39 is 0 Å². The summed E-state index contributed by atoms with van der Waals surface area (Å²) in [7, 11) is 1.81. The molecule has 1 atom stereocenters. The summed E-state index contributed by atoms with van der Waals surface area (Å²) >= 11 is 0. The van der Waals surface area contributed by atoms with Crippen molar-refractivity contribution in [1.29, 1.82) is 5.26 Å².